The first-order chi connectivity index (χ1) is 15.6. The third-order valence-corrected chi connectivity index (χ3v) is 7.24. The van der Waals surface area contributed by atoms with Crippen molar-refractivity contribution in [2.24, 2.45) is 0 Å². The number of amides is 1. The summed E-state index contributed by atoms with van der Waals surface area (Å²) < 4.78 is 23.1. The van der Waals surface area contributed by atoms with Crippen molar-refractivity contribution in [1.29, 1.82) is 0 Å². The first kappa shape index (κ1) is 23.8. The third kappa shape index (κ3) is 4.80. The highest BCUT2D eigenvalue weighted by Crippen LogP contribution is 2.42. The molecular weight excluding hydrogens is 450 g/mol. The van der Waals surface area contributed by atoms with Gasteiger partial charge in [0.05, 0.1) is 10.9 Å². The predicted molar refractivity (Wildman–Crippen MR) is 117 cm³/mol. The Labute approximate surface area is 191 Å². The highest BCUT2D eigenvalue weighted by molar-refractivity contribution is 7.90. The molecule has 0 bridgehead atoms. The van der Waals surface area contributed by atoms with Crippen LogP contribution >= 0.6 is 0 Å². The summed E-state index contributed by atoms with van der Waals surface area (Å²) in [6.45, 7) is 0.155. The molecule has 0 aromatic heterocycles. The lowest BCUT2D eigenvalue weighted by Gasteiger charge is -2.40. The van der Waals surface area contributed by atoms with E-state index in [1.807, 2.05) is 0 Å². The zero-order chi connectivity index (χ0) is 23.9. The summed E-state index contributed by atoms with van der Waals surface area (Å²) in [7, 11) is -3.35. The van der Waals surface area contributed by atoms with Gasteiger partial charge >= 0.3 is 0 Å². The molecule has 178 valence electrons. The van der Waals surface area contributed by atoms with E-state index < -0.39 is 40.8 Å². The molecular formula is C22H27N3O7S. The number of piperidine rings is 1. The second kappa shape index (κ2) is 9.11. The average Bonchev–Trinajstić information content (AvgIpc) is 3.01. The fourth-order valence-electron chi connectivity index (χ4n) is 4.34. The lowest BCUT2D eigenvalue weighted by molar-refractivity contribution is -0.159. The molecule has 2 aliphatic heterocycles. The van der Waals surface area contributed by atoms with Gasteiger partial charge in [-0.2, -0.15) is 0 Å². The van der Waals surface area contributed by atoms with Crippen molar-refractivity contribution in [1.82, 2.24) is 15.5 Å². The Bertz CT molecular complexity index is 1140. The molecule has 1 fully saturated rings. The Morgan fingerprint density at radius 1 is 1.03 bits per heavy atom. The molecule has 1 amide bonds. The molecule has 11 heteroatoms. The number of carbonyl (C=O) groups is 1. The van der Waals surface area contributed by atoms with Gasteiger partial charge in [0.15, 0.2) is 9.84 Å². The molecule has 33 heavy (non-hydrogen) atoms. The highest BCUT2D eigenvalue weighted by Gasteiger charge is 2.44. The Hall–Kier alpha value is -2.38. The van der Waals surface area contributed by atoms with Crippen molar-refractivity contribution in [2.45, 2.75) is 55.2 Å². The van der Waals surface area contributed by atoms with Crippen LogP contribution in [-0.2, 0) is 16.4 Å². The summed E-state index contributed by atoms with van der Waals surface area (Å²) in [5.74, 6) is -0.382. The summed E-state index contributed by atoms with van der Waals surface area (Å²) in [6.07, 6.45) is -2.38. The average molecular weight is 478 g/mol. The van der Waals surface area contributed by atoms with Gasteiger partial charge in [-0.25, -0.2) is 13.3 Å². The largest absolute Gasteiger partial charge is 0.379 e. The van der Waals surface area contributed by atoms with Crippen LogP contribution in [0.1, 0.15) is 52.3 Å². The minimum Gasteiger partial charge on any atom is -0.379 e. The molecule has 5 atom stereocenters. The fraction of sp³-hybridized carbons (Fsp3) is 0.409. The number of sulfone groups is 1. The summed E-state index contributed by atoms with van der Waals surface area (Å²) in [4.78, 5) is 14.0. The molecule has 2 aliphatic rings. The van der Waals surface area contributed by atoms with E-state index in [2.05, 4.69) is 10.6 Å². The van der Waals surface area contributed by atoms with E-state index in [9.17, 15) is 33.6 Å². The Morgan fingerprint density at radius 3 is 2.33 bits per heavy atom. The van der Waals surface area contributed by atoms with Crippen molar-refractivity contribution in [3.05, 3.63) is 64.7 Å². The van der Waals surface area contributed by atoms with E-state index in [0.29, 0.717) is 35.1 Å². The summed E-state index contributed by atoms with van der Waals surface area (Å²) in [5, 5.41) is 46.9. The minimum absolute atomic E-state index is 0.127. The Morgan fingerprint density at radius 2 is 1.70 bits per heavy atom. The van der Waals surface area contributed by atoms with Gasteiger partial charge in [0.25, 0.3) is 5.91 Å². The Kier molecular flexibility index (Phi) is 6.56. The maximum Gasteiger partial charge on any atom is 0.251 e. The second-order valence-corrected chi connectivity index (χ2v) is 10.4. The minimum atomic E-state index is -3.35. The van der Waals surface area contributed by atoms with Gasteiger partial charge < -0.3 is 25.7 Å². The van der Waals surface area contributed by atoms with E-state index in [4.69, 9.17) is 0 Å². The molecule has 0 saturated carbocycles. The van der Waals surface area contributed by atoms with Crippen molar-refractivity contribution in [2.75, 3.05) is 6.26 Å². The quantitative estimate of drug-likeness (QED) is 0.340. The molecule has 10 nitrogen and oxygen atoms in total. The third-order valence-electron chi connectivity index (χ3n) is 6.12. The first-order valence-electron chi connectivity index (χ1n) is 10.5. The van der Waals surface area contributed by atoms with Crippen LogP contribution in [0.3, 0.4) is 0 Å². The number of aliphatic hydroxyl groups is 4. The smallest absolute Gasteiger partial charge is 0.251 e. The standard InChI is InChI=1S/C22H27N3O7S/c1-33(31,32)14-5-3-13(4-6-14)19(27)23-11-12-2-7-15-16(10-12)22(30)25(21(15)29)17-8-9-18(26)24-20(17)28/h2-7,10,17-18,20-22,24,26,28-30H,8-9,11H2,1H3,(H,23,27). The number of hydrogen-bond donors (Lipinski definition) is 6. The number of carbonyl (C=O) groups excluding carboxylic acids is 1. The van der Waals surface area contributed by atoms with Crippen LogP contribution in [0, 0.1) is 0 Å². The number of rotatable bonds is 5. The molecule has 6 N–H and O–H groups in total. The molecule has 2 aromatic carbocycles. The highest BCUT2D eigenvalue weighted by atomic mass is 32.2. The van der Waals surface area contributed by atoms with Crippen molar-refractivity contribution in [3.63, 3.8) is 0 Å². The van der Waals surface area contributed by atoms with Gasteiger partial charge in [-0.15, -0.1) is 0 Å². The van der Waals surface area contributed by atoms with Crippen LogP contribution < -0.4 is 10.6 Å². The zero-order valence-corrected chi connectivity index (χ0v) is 18.7. The van der Waals surface area contributed by atoms with Crippen LogP contribution in [0.25, 0.3) is 0 Å². The van der Waals surface area contributed by atoms with Crippen LogP contribution in [0.2, 0.25) is 0 Å². The van der Waals surface area contributed by atoms with Gasteiger partial charge in [-0.3, -0.25) is 10.1 Å². The molecule has 0 radical (unpaired) electrons. The monoisotopic (exact) mass is 477 g/mol. The maximum atomic E-state index is 12.4. The van der Waals surface area contributed by atoms with E-state index in [1.54, 1.807) is 18.2 Å². The predicted octanol–water partition coefficient (Wildman–Crippen LogP) is -0.294. The van der Waals surface area contributed by atoms with Gasteiger partial charge in [0, 0.05) is 29.5 Å². The van der Waals surface area contributed by atoms with E-state index >= 15 is 0 Å². The van der Waals surface area contributed by atoms with Crippen LogP contribution in [0.4, 0.5) is 0 Å². The molecule has 5 unspecified atom stereocenters. The number of aliphatic hydroxyl groups excluding tert-OH is 4. The van der Waals surface area contributed by atoms with E-state index in [1.165, 1.54) is 29.2 Å². The number of nitrogens with one attached hydrogen (secondary N) is 2. The van der Waals surface area contributed by atoms with Gasteiger partial charge in [0.1, 0.15) is 24.9 Å². The van der Waals surface area contributed by atoms with Gasteiger partial charge in [-0.05, 0) is 48.7 Å². The summed E-state index contributed by atoms with van der Waals surface area (Å²) in [5.41, 5.74) is 1.99. The second-order valence-electron chi connectivity index (χ2n) is 8.41. The molecule has 2 aromatic rings. The number of fused-ring (bicyclic) bond motifs is 1. The number of hydrogen-bond acceptors (Lipinski definition) is 9. The summed E-state index contributed by atoms with van der Waals surface area (Å²) in [6, 6.07) is 10.1. The van der Waals surface area contributed by atoms with Crippen LogP contribution in [0.15, 0.2) is 47.4 Å². The SMILES string of the molecule is CS(=O)(=O)c1ccc(C(=O)NCc2ccc3c(c2)C(O)N(C2CCC(O)NC2O)C3O)cc1. The molecule has 0 spiro atoms. The molecule has 4 rings (SSSR count). The maximum absolute atomic E-state index is 12.4. The van der Waals surface area contributed by atoms with Crippen molar-refractivity contribution >= 4 is 15.7 Å². The Balaban J connectivity index is 1.44. The van der Waals surface area contributed by atoms with E-state index in [0.717, 1.165) is 6.26 Å². The molecule has 1 saturated heterocycles. The van der Waals surface area contributed by atoms with E-state index in [-0.39, 0.29) is 17.3 Å². The molecule has 0 aliphatic carbocycles. The topological polar surface area (TPSA) is 159 Å². The zero-order valence-electron chi connectivity index (χ0n) is 17.9. The first-order valence-corrected chi connectivity index (χ1v) is 12.4. The van der Waals surface area contributed by atoms with Crippen molar-refractivity contribution < 1.29 is 33.6 Å². The van der Waals surface area contributed by atoms with Gasteiger partial charge in [0.2, 0.25) is 0 Å². The normalized spacial score (nSPS) is 27.8. The lowest BCUT2D eigenvalue weighted by atomic mass is 10.0. The lowest BCUT2D eigenvalue weighted by Crippen LogP contribution is -2.57. The van der Waals surface area contributed by atoms with Gasteiger partial charge in [-0.1, -0.05) is 12.1 Å². The van der Waals surface area contributed by atoms with Crippen molar-refractivity contribution in [3.8, 4) is 0 Å². The summed E-state index contributed by atoms with van der Waals surface area (Å²) >= 11 is 0. The van der Waals surface area contributed by atoms with Crippen LogP contribution in [0.5, 0.6) is 0 Å². The molecule has 2 heterocycles. The number of benzene rings is 2. The van der Waals surface area contributed by atoms with Crippen LogP contribution in [-0.4, -0.2) is 64.4 Å². The fourth-order valence-corrected chi connectivity index (χ4v) is 4.97. The number of nitrogens with zero attached hydrogens (tertiary/aromatic N) is 1.